The Bertz CT molecular complexity index is 744. The van der Waals surface area contributed by atoms with Gasteiger partial charge in [0.05, 0.1) is 24.0 Å². The summed E-state index contributed by atoms with van der Waals surface area (Å²) >= 11 is 1.55. The minimum Gasteiger partial charge on any atom is -0.496 e. The van der Waals surface area contributed by atoms with Crippen LogP contribution in [-0.4, -0.2) is 19.1 Å². The Hall–Kier alpha value is -2.47. The molecule has 0 aliphatic heterocycles. The second-order valence-corrected chi connectivity index (χ2v) is 6.02. The van der Waals surface area contributed by atoms with E-state index in [0.29, 0.717) is 23.5 Å². The van der Waals surface area contributed by atoms with Gasteiger partial charge in [0.15, 0.2) is 0 Å². The molecule has 0 bridgehead atoms. The van der Waals surface area contributed by atoms with Crippen LogP contribution in [0.5, 0.6) is 11.5 Å². The predicted molar refractivity (Wildman–Crippen MR) is 95.4 cm³/mol. The molecular weight excluding hydrogens is 326 g/mol. The zero-order valence-corrected chi connectivity index (χ0v) is 14.6. The lowest BCUT2D eigenvalue weighted by atomic mass is 10.1. The Morgan fingerprint density at radius 2 is 1.83 bits per heavy atom. The second-order valence-electron chi connectivity index (χ2n) is 4.91. The van der Waals surface area contributed by atoms with Crippen LogP contribution in [0.4, 0.5) is 0 Å². The lowest BCUT2D eigenvalue weighted by molar-refractivity contribution is -0.425. The Kier molecular flexibility index (Phi) is 6.26. The fourth-order valence-corrected chi connectivity index (χ4v) is 3.12. The van der Waals surface area contributed by atoms with E-state index >= 15 is 0 Å². The summed E-state index contributed by atoms with van der Waals surface area (Å²) in [5, 5.41) is 11.1. The molecule has 0 N–H and O–H groups in total. The summed E-state index contributed by atoms with van der Waals surface area (Å²) in [6.07, 6.45) is 1.86. The minimum atomic E-state index is -0.376. The average molecular weight is 345 g/mol. The van der Waals surface area contributed by atoms with E-state index in [1.807, 2.05) is 36.4 Å². The first-order valence-electron chi connectivity index (χ1n) is 7.43. The molecule has 0 atom stereocenters. The van der Waals surface area contributed by atoms with Gasteiger partial charge in [0, 0.05) is 23.0 Å². The first kappa shape index (κ1) is 17.9. The fraction of sp³-hybridized carbons (Fsp3) is 0.222. The van der Waals surface area contributed by atoms with Gasteiger partial charge in [-0.05, 0) is 24.3 Å². The Morgan fingerprint density at radius 3 is 2.38 bits per heavy atom. The van der Waals surface area contributed by atoms with E-state index in [9.17, 15) is 10.1 Å². The number of hydrogen-bond acceptors (Lipinski definition) is 5. The molecule has 0 saturated carbocycles. The van der Waals surface area contributed by atoms with Crippen molar-refractivity contribution in [3.63, 3.8) is 0 Å². The summed E-state index contributed by atoms with van der Waals surface area (Å²) < 4.78 is 10.9. The number of nitro groups is 1. The molecule has 24 heavy (non-hydrogen) atoms. The van der Waals surface area contributed by atoms with Crippen LogP contribution in [0, 0.1) is 10.1 Å². The van der Waals surface area contributed by atoms with Crippen LogP contribution in [-0.2, 0) is 0 Å². The fourth-order valence-electron chi connectivity index (χ4n) is 2.16. The molecule has 0 unspecified atom stereocenters. The maximum atomic E-state index is 11.1. The van der Waals surface area contributed by atoms with Crippen LogP contribution in [0.25, 0.3) is 6.08 Å². The van der Waals surface area contributed by atoms with Crippen LogP contribution >= 0.6 is 11.8 Å². The number of rotatable bonds is 7. The van der Waals surface area contributed by atoms with Crippen LogP contribution < -0.4 is 9.47 Å². The van der Waals surface area contributed by atoms with Crippen LogP contribution in [0.2, 0.25) is 0 Å². The van der Waals surface area contributed by atoms with Gasteiger partial charge < -0.3 is 9.47 Å². The van der Waals surface area contributed by atoms with E-state index in [2.05, 4.69) is 0 Å². The lowest BCUT2D eigenvalue weighted by Gasteiger charge is -2.13. The van der Waals surface area contributed by atoms with Crippen molar-refractivity contribution in [1.82, 2.24) is 0 Å². The van der Waals surface area contributed by atoms with Crippen molar-refractivity contribution in [1.29, 1.82) is 0 Å². The average Bonchev–Trinajstić information content (AvgIpc) is 2.60. The minimum absolute atomic E-state index is 0.124. The van der Waals surface area contributed by atoms with Crippen molar-refractivity contribution >= 4 is 17.8 Å². The highest BCUT2D eigenvalue weighted by Crippen LogP contribution is 2.40. The van der Waals surface area contributed by atoms with Crippen LogP contribution in [0.3, 0.4) is 0 Å². The van der Waals surface area contributed by atoms with Gasteiger partial charge in [0.1, 0.15) is 11.5 Å². The third-order valence-corrected chi connectivity index (χ3v) is 4.45. The molecule has 0 aromatic heterocycles. The SMILES string of the molecule is CC/C(=C\c1cc(OC)c(Sc2ccccc2)cc1OC)[N+](=O)[O-]. The Morgan fingerprint density at radius 1 is 1.17 bits per heavy atom. The molecular formula is C18H19NO4S. The van der Waals surface area contributed by atoms with Crippen LogP contribution in [0.15, 0.2) is 58.0 Å². The number of ether oxygens (including phenoxy) is 2. The van der Waals surface area contributed by atoms with E-state index in [-0.39, 0.29) is 10.6 Å². The highest BCUT2D eigenvalue weighted by molar-refractivity contribution is 7.99. The monoisotopic (exact) mass is 345 g/mol. The molecule has 0 heterocycles. The van der Waals surface area contributed by atoms with Crippen molar-refractivity contribution in [2.24, 2.45) is 0 Å². The van der Waals surface area contributed by atoms with Gasteiger partial charge in [0.2, 0.25) is 5.70 Å². The van der Waals surface area contributed by atoms with Gasteiger partial charge in [0.25, 0.3) is 0 Å². The zero-order chi connectivity index (χ0) is 17.5. The third-order valence-electron chi connectivity index (χ3n) is 3.41. The molecule has 6 heteroatoms. The molecule has 5 nitrogen and oxygen atoms in total. The van der Waals surface area contributed by atoms with Gasteiger partial charge in [-0.25, -0.2) is 0 Å². The summed E-state index contributed by atoms with van der Waals surface area (Å²) in [4.78, 5) is 12.6. The van der Waals surface area contributed by atoms with E-state index in [1.54, 1.807) is 39.0 Å². The van der Waals surface area contributed by atoms with Gasteiger partial charge in [-0.2, -0.15) is 0 Å². The number of methoxy groups -OCH3 is 2. The first-order chi connectivity index (χ1) is 11.6. The summed E-state index contributed by atoms with van der Waals surface area (Å²) in [5.41, 5.74) is 0.749. The molecule has 0 saturated heterocycles. The van der Waals surface area contributed by atoms with Crippen molar-refractivity contribution in [3.8, 4) is 11.5 Å². The summed E-state index contributed by atoms with van der Waals surface area (Å²) in [6.45, 7) is 1.75. The van der Waals surface area contributed by atoms with Crippen molar-refractivity contribution in [3.05, 3.63) is 63.8 Å². The summed E-state index contributed by atoms with van der Waals surface area (Å²) in [6, 6.07) is 13.5. The van der Waals surface area contributed by atoms with Gasteiger partial charge in [-0.1, -0.05) is 36.9 Å². The van der Waals surface area contributed by atoms with Crippen molar-refractivity contribution in [2.75, 3.05) is 14.2 Å². The van der Waals surface area contributed by atoms with Gasteiger partial charge >= 0.3 is 0 Å². The quantitative estimate of drug-likeness (QED) is 0.528. The number of allylic oxidation sites excluding steroid dienone is 1. The predicted octanol–water partition coefficient (Wildman–Crippen LogP) is 4.88. The van der Waals surface area contributed by atoms with E-state index in [4.69, 9.17) is 9.47 Å². The number of benzene rings is 2. The molecule has 0 aliphatic rings. The van der Waals surface area contributed by atoms with E-state index in [1.165, 1.54) is 6.08 Å². The Balaban J connectivity index is 2.47. The highest BCUT2D eigenvalue weighted by Gasteiger charge is 2.15. The molecule has 0 aliphatic carbocycles. The molecule has 0 spiro atoms. The smallest absolute Gasteiger partial charge is 0.246 e. The zero-order valence-electron chi connectivity index (χ0n) is 13.8. The van der Waals surface area contributed by atoms with Gasteiger partial charge in [-0.15, -0.1) is 0 Å². The van der Waals surface area contributed by atoms with E-state index in [0.717, 1.165) is 9.79 Å². The lowest BCUT2D eigenvalue weighted by Crippen LogP contribution is -1.98. The number of hydrogen-bond donors (Lipinski definition) is 0. The Labute approximate surface area is 145 Å². The summed E-state index contributed by atoms with van der Waals surface area (Å²) in [7, 11) is 3.13. The topological polar surface area (TPSA) is 61.6 Å². The maximum absolute atomic E-state index is 11.1. The largest absolute Gasteiger partial charge is 0.496 e. The normalized spacial score (nSPS) is 11.2. The standard InChI is InChI=1S/C18H19NO4S/c1-4-14(19(20)21)10-13-11-17(23-3)18(12-16(13)22-2)24-15-8-6-5-7-9-15/h5-12H,4H2,1-3H3/b14-10+. The molecule has 2 aromatic rings. The molecule has 2 rings (SSSR count). The maximum Gasteiger partial charge on any atom is 0.246 e. The van der Waals surface area contributed by atoms with Crippen molar-refractivity contribution in [2.45, 2.75) is 23.1 Å². The molecule has 0 amide bonds. The molecule has 2 aromatic carbocycles. The molecule has 0 radical (unpaired) electrons. The molecule has 126 valence electrons. The summed E-state index contributed by atoms with van der Waals surface area (Å²) in [5.74, 6) is 1.22. The van der Waals surface area contributed by atoms with Crippen molar-refractivity contribution < 1.29 is 14.4 Å². The highest BCUT2D eigenvalue weighted by atomic mass is 32.2. The first-order valence-corrected chi connectivity index (χ1v) is 8.24. The van der Waals surface area contributed by atoms with Crippen LogP contribution in [0.1, 0.15) is 18.9 Å². The van der Waals surface area contributed by atoms with Gasteiger partial charge in [-0.3, -0.25) is 10.1 Å². The molecule has 0 fully saturated rings. The number of nitrogens with zero attached hydrogens (tertiary/aromatic N) is 1. The van der Waals surface area contributed by atoms with E-state index < -0.39 is 0 Å². The second kappa shape index (κ2) is 8.40. The third kappa shape index (κ3) is 4.29.